The Bertz CT molecular complexity index is 1410. The summed E-state index contributed by atoms with van der Waals surface area (Å²) < 4.78 is 11.8. The Hall–Kier alpha value is -3.55. The first-order chi connectivity index (χ1) is 20.7. The van der Waals surface area contributed by atoms with Crippen molar-refractivity contribution in [2.24, 2.45) is 5.73 Å². The zero-order valence-corrected chi connectivity index (χ0v) is 26.7. The molecule has 1 saturated heterocycles. The summed E-state index contributed by atoms with van der Waals surface area (Å²) in [5.41, 5.74) is 12.1. The fourth-order valence-electron chi connectivity index (χ4n) is 6.00. The Balaban J connectivity index is 1.62. The number of benzene rings is 3. The van der Waals surface area contributed by atoms with Gasteiger partial charge in [0, 0.05) is 28.9 Å². The third-order valence-electron chi connectivity index (χ3n) is 8.32. The molecule has 43 heavy (non-hydrogen) atoms. The Morgan fingerprint density at radius 1 is 1.02 bits per heavy atom. The number of nitrogens with zero attached hydrogens (tertiary/aromatic N) is 1. The monoisotopic (exact) mass is 605 g/mol. The zero-order chi connectivity index (χ0) is 31.1. The molecule has 1 fully saturated rings. The van der Waals surface area contributed by atoms with Crippen LogP contribution in [-0.4, -0.2) is 43.5 Å². The molecule has 1 aliphatic heterocycles. The fraction of sp³-hybridized carbons (Fsp3) is 0.429. The van der Waals surface area contributed by atoms with Crippen LogP contribution in [0.4, 0.5) is 5.69 Å². The van der Waals surface area contributed by atoms with Gasteiger partial charge in [-0.3, -0.25) is 14.5 Å². The SMILES string of the molecule is CCCCOc1c(C)cc(C2CC(c3ccc(C(N)=O)cc3)N(CC(=O)Nc3c(CC)cc(Cl)cc3CC)C2)cc1OC. The largest absolute Gasteiger partial charge is 0.493 e. The number of methoxy groups -OCH3 is 1. The van der Waals surface area contributed by atoms with E-state index in [1.807, 2.05) is 24.3 Å². The Morgan fingerprint density at radius 2 is 1.70 bits per heavy atom. The summed E-state index contributed by atoms with van der Waals surface area (Å²) in [6, 6.07) is 15.5. The van der Waals surface area contributed by atoms with Gasteiger partial charge in [-0.2, -0.15) is 0 Å². The molecule has 0 aliphatic carbocycles. The normalized spacial score (nSPS) is 16.7. The highest BCUT2D eigenvalue weighted by molar-refractivity contribution is 6.30. The lowest BCUT2D eigenvalue weighted by atomic mass is 9.92. The minimum atomic E-state index is -0.461. The first-order valence-corrected chi connectivity index (χ1v) is 15.6. The third kappa shape index (κ3) is 7.70. The second kappa shape index (κ2) is 14.8. The van der Waals surface area contributed by atoms with Gasteiger partial charge in [0.05, 0.1) is 20.3 Å². The molecule has 2 atom stereocenters. The van der Waals surface area contributed by atoms with Crippen LogP contribution in [0.3, 0.4) is 0 Å². The first kappa shape index (κ1) is 32.4. The number of anilines is 1. The maximum Gasteiger partial charge on any atom is 0.248 e. The molecule has 0 spiro atoms. The summed E-state index contributed by atoms with van der Waals surface area (Å²) in [5, 5.41) is 3.89. The Morgan fingerprint density at radius 3 is 2.28 bits per heavy atom. The van der Waals surface area contributed by atoms with Crippen LogP contribution in [0.5, 0.6) is 11.5 Å². The number of nitrogens with two attached hydrogens (primary N) is 1. The molecule has 3 aromatic rings. The van der Waals surface area contributed by atoms with E-state index in [4.69, 9.17) is 26.8 Å². The van der Waals surface area contributed by atoms with Gasteiger partial charge in [-0.05, 0) is 96.7 Å². The maximum absolute atomic E-state index is 13.6. The molecule has 0 aromatic heterocycles. The number of ether oxygens (including phenoxy) is 2. The zero-order valence-electron chi connectivity index (χ0n) is 26.0. The van der Waals surface area contributed by atoms with E-state index in [0.717, 1.165) is 77.1 Å². The minimum absolute atomic E-state index is 0.0223. The molecule has 1 aliphatic rings. The average Bonchev–Trinajstić information content (AvgIpc) is 3.41. The van der Waals surface area contributed by atoms with E-state index in [1.165, 1.54) is 0 Å². The van der Waals surface area contributed by atoms with Gasteiger partial charge < -0.3 is 20.5 Å². The van der Waals surface area contributed by atoms with Crippen LogP contribution in [-0.2, 0) is 17.6 Å². The van der Waals surface area contributed by atoms with Crippen molar-refractivity contribution in [2.75, 3.05) is 32.1 Å². The van der Waals surface area contributed by atoms with Crippen molar-refractivity contribution < 1.29 is 19.1 Å². The van der Waals surface area contributed by atoms with Gasteiger partial charge in [0.15, 0.2) is 11.5 Å². The molecule has 2 unspecified atom stereocenters. The molecule has 0 radical (unpaired) electrons. The standard InChI is InChI=1S/C35H44ClN3O4/c1-6-9-14-43-34-22(4)15-27(19-31(34)42-5)28-18-30(25-10-12-26(13-11-25)35(37)41)39(20-28)21-32(40)38-33-23(7-2)16-29(36)17-24(33)8-3/h10-13,15-17,19,28,30H,6-9,14,18,20-21H2,1-5H3,(H2,37,41)(H,38,40). The summed E-state index contributed by atoms with van der Waals surface area (Å²) in [6.07, 6.45) is 4.38. The molecule has 4 rings (SSSR count). The molecule has 230 valence electrons. The lowest BCUT2D eigenvalue weighted by molar-refractivity contribution is -0.117. The Labute approximate surface area is 260 Å². The van der Waals surface area contributed by atoms with Gasteiger partial charge in [0.2, 0.25) is 11.8 Å². The topological polar surface area (TPSA) is 93.9 Å². The van der Waals surface area contributed by atoms with Gasteiger partial charge in [-0.1, -0.05) is 57.0 Å². The molecule has 0 bridgehead atoms. The van der Waals surface area contributed by atoms with E-state index in [9.17, 15) is 9.59 Å². The first-order valence-electron chi connectivity index (χ1n) is 15.2. The highest BCUT2D eigenvalue weighted by Gasteiger charge is 2.36. The molecule has 0 saturated carbocycles. The maximum atomic E-state index is 13.6. The number of halogens is 1. The summed E-state index contributed by atoms with van der Waals surface area (Å²) in [7, 11) is 1.67. The molecular formula is C35H44ClN3O4. The van der Waals surface area contributed by atoms with Gasteiger partial charge in [-0.15, -0.1) is 0 Å². The van der Waals surface area contributed by atoms with Crippen molar-refractivity contribution >= 4 is 29.1 Å². The molecule has 1 heterocycles. The van der Waals surface area contributed by atoms with Gasteiger partial charge in [-0.25, -0.2) is 0 Å². The van der Waals surface area contributed by atoms with Gasteiger partial charge >= 0.3 is 0 Å². The predicted octanol–water partition coefficient (Wildman–Crippen LogP) is 7.23. The van der Waals surface area contributed by atoms with Crippen LogP contribution in [0.1, 0.15) is 90.2 Å². The second-order valence-electron chi connectivity index (χ2n) is 11.3. The number of carbonyl (C=O) groups excluding carboxylic acids is 2. The fourth-order valence-corrected chi connectivity index (χ4v) is 6.27. The van der Waals surface area contributed by atoms with Gasteiger partial charge in [0.25, 0.3) is 0 Å². The van der Waals surface area contributed by atoms with Crippen molar-refractivity contribution in [3.63, 3.8) is 0 Å². The highest BCUT2D eigenvalue weighted by Crippen LogP contribution is 2.43. The number of amides is 2. The lowest BCUT2D eigenvalue weighted by Gasteiger charge is -2.25. The predicted molar refractivity (Wildman–Crippen MR) is 174 cm³/mol. The number of nitrogens with one attached hydrogen (secondary N) is 1. The molecule has 8 heteroatoms. The number of hydrogen-bond donors (Lipinski definition) is 2. The number of primary amides is 1. The average molecular weight is 606 g/mol. The molecule has 3 aromatic carbocycles. The highest BCUT2D eigenvalue weighted by atomic mass is 35.5. The summed E-state index contributed by atoms with van der Waals surface area (Å²) >= 11 is 6.35. The number of likely N-dealkylation sites (tertiary alicyclic amines) is 1. The minimum Gasteiger partial charge on any atom is -0.493 e. The van der Waals surface area contributed by atoms with Crippen molar-refractivity contribution in [1.82, 2.24) is 4.90 Å². The molecule has 3 N–H and O–H groups in total. The van der Waals surface area contributed by atoms with Crippen LogP contribution in [0.2, 0.25) is 5.02 Å². The van der Waals surface area contributed by atoms with Crippen molar-refractivity contribution in [2.45, 2.75) is 71.8 Å². The lowest BCUT2D eigenvalue weighted by Crippen LogP contribution is -2.33. The molecule has 7 nitrogen and oxygen atoms in total. The summed E-state index contributed by atoms with van der Waals surface area (Å²) in [6.45, 7) is 9.88. The van der Waals surface area contributed by atoms with Gasteiger partial charge in [0.1, 0.15) is 0 Å². The van der Waals surface area contributed by atoms with Crippen LogP contribution in [0.25, 0.3) is 0 Å². The van der Waals surface area contributed by atoms with Crippen molar-refractivity contribution in [3.8, 4) is 11.5 Å². The van der Waals surface area contributed by atoms with E-state index < -0.39 is 5.91 Å². The summed E-state index contributed by atoms with van der Waals surface area (Å²) in [5.74, 6) is 1.15. The molecular weight excluding hydrogens is 562 g/mol. The van der Waals surface area contributed by atoms with Crippen LogP contribution in [0, 0.1) is 6.92 Å². The van der Waals surface area contributed by atoms with E-state index in [1.54, 1.807) is 19.2 Å². The van der Waals surface area contributed by atoms with Crippen LogP contribution in [0.15, 0.2) is 48.5 Å². The number of hydrogen-bond acceptors (Lipinski definition) is 5. The summed E-state index contributed by atoms with van der Waals surface area (Å²) in [4.78, 5) is 27.5. The number of unbranched alkanes of at least 4 members (excludes halogenated alkanes) is 1. The second-order valence-corrected chi connectivity index (χ2v) is 11.7. The van der Waals surface area contributed by atoms with Crippen LogP contribution >= 0.6 is 11.6 Å². The van der Waals surface area contributed by atoms with E-state index in [2.05, 4.69) is 50.0 Å². The number of rotatable bonds is 13. The quantitative estimate of drug-likeness (QED) is 0.200. The smallest absolute Gasteiger partial charge is 0.248 e. The van der Waals surface area contributed by atoms with E-state index >= 15 is 0 Å². The molecule has 2 amide bonds. The number of carbonyl (C=O) groups is 2. The van der Waals surface area contributed by atoms with Crippen molar-refractivity contribution in [3.05, 3.63) is 86.9 Å². The Kier molecular flexibility index (Phi) is 11.1. The van der Waals surface area contributed by atoms with Crippen LogP contribution < -0.4 is 20.5 Å². The van der Waals surface area contributed by atoms with E-state index in [0.29, 0.717) is 23.7 Å². The number of aryl methyl sites for hydroxylation is 3. The third-order valence-corrected chi connectivity index (χ3v) is 8.54. The van der Waals surface area contributed by atoms with Crippen molar-refractivity contribution in [1.29, 1.82) is 0 Å². The van der Waals surface area contributed by atoms with E-state index in [-0.39, 0.29) is 24.4 Å².